The molecule has 1 heteroatoms. The van der Waals surface area contributed by atoms with Crippen molar-refractivity contribution < 1.29 is 5.11 Å². The van der Waals surface area contributed by atoms with Crippen LogP contribution in [0, 0.1) is 30.1 Å². The minimum atomic E-state index is -0.455. The second-order valence-corrected chi connectivity index (χ2v) is 3.80. The molecule has 0 aromatic rings. The van der Waals surface area contributed by atoms with Gasteiger partial charge >= 0.3 is 0 Å². The Hall–Kier alpha value is -0.480. The zero-order valence-corrected chi connectivity index (χ0v) is 6.66. The Balaban J connectivity index is 1.95. The smallest absolute Gasteiger partial charge is 0.117 e. The number of rotatable bonds is 1. The molecule has 0 saturated heterocycles. The van der Waals surface area contributed by atoms with E-state index in [1.807, 2.05) is 0 Å². The van der Waals surface area contributed by atoms with Crippen LogP contribution in [-0.4, -0.2) is 11.2 Å². The van der Waals surface area contributed by atoms with Crippen molar-refractivity contribution in [1.82, 2.24) is 0 Å². The number of hydrogen-bond acceptors (Lipinski definition) is 1. The summed E-state index contributed by atoms with van der Waals surface area (Å²) in [7, 11) is 0. The maximum Gasteiger partial charge on any atom is 0.117 e. The third-order valence-corrected chi connectivity index (χ3v) is 3.26. The van der Waals surface area contributed by atoms with E-state index in [0.29, 0.717) is 5.92 Å². The summed E-state index contributed by atoms with van der Waals surface area (Å²) in [5, 5.41) is 9.39. The normalized spacial score (nSPS) is 43.8. The summed E-state index contributed by atoms with van der Waals surface area (Å²) in [6, 6.07) is 0. The number of aliphatic hydroxyl groups excluding tert-OH is 1. The van der Waals surface area contributed by atoms with Crippen molar-refractivity contribution in [3.63, 3.8) is 0 Å². The topological polar surface area (TPSA) is 20.2 Å². The molecule has 3 unspecified atom stereocenters. The molecule has 2 saturated carbocycles. The van der Waals surface area contributed by atoms with Crippen molar-refractivity contribution in [2.45, 2.75) is 31.8 Å². The highest BCUT2D eigenvalue weighted by Gasteiger charge is 2.53. The lowest BCUT2D eigenvalue weighted by atomic mass is 10.0. The van der Waals surface area contributed by atoms with Gasteiger partial charge in [-0.3, -0.25) is 0 Å². The summed E-state index contributed by atoms with van der Waals surface area (Å²) in [5.74, 6) is 4.45. The van der Waals surface area contributed by atoms with Crippen molar-refractivity contribution in [1.29, 1.82) is 0 Å². The van der Waals surface area contributed by atoms with Gasteiger partial charge in [0.25, 0.3) is 0 Å². The van der Waals surface area contributed by atoms with E-state index >= 15 is 0 Å². The predicted molar refractivity (Wildman–Crippen MR) is 43.8 cm³/mol. The van der Waals surface area contributed by atoms with Crippen LogP contribution in [0.1, 0.15) is 25.7 Å². The largest absolute Gasteiger partial charge is 0.380 e. The minimum Gasteiger partial charge on any atom is -0.380 e. The van der Waals surface area contributed by atoms with Crippen LogP contribution in [0.4, 0.5) is 0 Å². The van der Waals surface area contributed by atoms with Gasteiger partial charge in [0, 0.05) is 5.92 Å². The van der Waals surface area contributed by atoms with Gasteiger partial charge in [-0.2, -0.15) is 0 Å². The first-order valence-corrected chi connectivity index (χ1v) is 4.49. The Morgan fingerprint density at radius 3 is 2.27 bits per heavy atom. The number of fused-ring (bicyclic) bond motifs is 1. The first-order chi connectivity index (χ1) is 5.34. The minimum absolute atomic E-state index is 0.455. The molecule has 0 amide bonds. The molecule has 0 bridgehead atoms. The summed E-state index contributed by atoms with van der Waals surface area (Å²) in [5.41, 5.74) is 0. The highest BCUT2D eigenvalue weighted by atomic mass is 16.3. The van der Waals surface area contributed by atoms with Crippen LogP contribution in [0.5, 0.6) is 0 Å². The molecular formula is C10H14O. The summed E-state index contributed by atoms with van der Waals surface area (Å²) in [4.78, 5) is 0. The van der Waals surface area contributed by atoms with Crippen LogP contribution in [0.2, 0.25) is 0 Å². The quantitative estimate of drug-likeness (QED) is 0.560. The molecule has 0 spiro atoms. The fourth-order valence-corrected chi connectivity index (χ4v) is 2.63. The Morgan fingerprint density at radius 2 is 1.82 bits per heavy atom. The van der Waals surface area contributed by atoms with E-state index in [-0.39, 0.29) is 0 Å². The highest BCUT2D eigenvalue weighted by Crippen LogP contribution is 2.56. The first kappa shape index (κ1) is 7.18. The van der Waals surface area contributed by atoms with Gasteiger partial charge in [0.2, 0.25) is 0 Å². The average Bonchev–Trinajstić information content (AvgIpc) is 2.77. The molecule has 3 atom stereocenters. The highest BCUT2D eigenvalue weighted by molar-refractivity contribution is 5.10. The molecule has 0 aromatic carbocycles. The van der Waals surface area contributed by atoms with Crippen LogP contribution in [-0.2, 0) is 0 Å². The van der Waals surface area contributed by atoms with Crippen molar-refractivity contribution in [2.75, 3.05) is 0 Å². The summed E-state index contributed by atoms with van der Waals surface area (Å²) >= 11 is 0. The molecule has 11 heavy (non-hydrogen) atoms. The summed E-state index contributed by atoms with van der Waals surface area (Å²) < 4.78 is 0. The van der Waals surface area contributed by atoms with E-state index in [4.69, 9.17) is 6.42 Å². The predicted octanol–water partition coefficient (Wildman–Crippen LogP) is 1.42. The monoisotopic (exact) mass is 150 g/mol. The maximum atomic E-state index is 9.39. The standard InChI is InChI=1S/C10H14O/c1-2-9(11)10-7-5-3-4-6-8(7)10/h1,7-11H,3-6H2. The lowest BCUT2D eigenvalue weighted by Crippen LogP contribution is -2.07. The van der Waals surface area contributed by atoms with Gasteiger partial charge < -0.3 is 5.11 Å². The van der Waals surface area contributed by atoms with Crippen LogP contribution in [0.15, 0.2) is 0 Å². The maximum absolute atomic E-state index is 9.39. The van der Waals surface area contributed by atoms with Gasteiger partial charge in [-0.05, 0) is 24.7 Å². The van der Waals surface area contributed by atoms with Gasteiger partial charge in [0.1, 0.15) is 6.10 Å². The molecule has 0 aliphatic heterocycles. The van der Waals surface area contributed by atoms with Gasteiger partial charge in [-0.25, -0.2) is 0 Å². The Kier molecular flexibility index (Phi) is 1.65. The van der Waals surface area contributed by atoms with E-state index in [9.17, 15) is 5.11 Å². The molecule has 1 nitrogen and oxygen atoms in total. The van der Waals surface area contributed by atoms with Crippen molar-refractivity contribution >= 4 is 0 Å². The molecule has 0 radical (unpaired) electrons. The molecule has 60 valence electrons. The molecule has 0 aromatic heterocycles. The van der Waals surface area contributed by atoms with Crippen molar-refractivity contribution in [2.24, 2.45) is 17.8 Å². The zero-order chi connectivity index (χ0) is 7.84. The molecule has 0 heterocycles. The fourth-order valence-electron chi connectivity index (χ4n) is 2.63. The number of aliphatic hydroxyl groups is 1. The molecule has 2 aliphatic rings. The van der Waals surface area contributed by atoms with Gasteiger partial charge in [-0.1, -0.05) is 18.8 Å². The number of terminal acetylenes is 1. The fraction of sp³-hybridized carbons (Fsp3) is 0.800. The molecular weight excluding hydrogens is 136 g/mol. The lowest BCUT2D eigenvalue weighted by molar-refractivity contribution is 0.197. The van der Waals surface area contributed by atoms with Crippen LogP contribution < -0.4 is 0 Å². The second kappa shape index (κ2) is 2.53. The zero-order valence-electron chi connectivity index (χ0n) is 6.66. The van der Waals surface area contributed by atoms with E-state index in [2.05, 4.69) is 5.92 Å². The third-order valence-electron chi connectivity index (χ3n) is 3.26. The van der Waals surface area contributed by atoms with Crippen molar-refractivity contribution in [3.05, 3.63) is 0 Å². The molecule has 2 aliphatic carbocycles. The van der Waals surface area contributed by atoms with E-state index in [0.717, 1.165) is 11.8 Å². The van der Waals surface area contributed by atoms with Crippen LogP contribution in [0.25, 0.3) is 0 Å². The lowest BCUT2D eigenvalue weighted by Gasteiger charge is -2.04. The molecule has 2 rings (SSSR count). The second-order valence-electron chi connectivity index (χ2n) is 3.80. The van der Waals surface area contributed by atoms with Gasteiger partial charge in [0.15, 0.2) is 0 Å². The third kappa shape index (κ3) is 1.06. The Morgan fingerprint density at radius 1 is 1.27 bits per heavy atom. The van der Waals surface area contributed by atoms with Crippen LogP contribution >= 0.6 is 0 Å². The SMILES string of the molecule is C#CC(O)C1C2CCCCC21. The molecule has 1 N–H and O–H groups in total. The van der Waals surface area contributed by atoms with E-state index in [1.54, 1.807) is 0 Å². The molecule has 2 fully saturated rings. The van der Waals surface area contributed by atoms with Crippen molar-refractivity contribution in [3.8, 4) is 12.3 Å². The van der Waals surface area contributed by atoms with Crippen LogP contribution in [0.3, 0.4) is 0 Å². The summed E-state index contributed by atoms with van der Waals surface area (Å²) in [6.07, 6.45) is 10.00. The average molecular weight is 150 g/mol. The van der Waals surface area contributed by atoms with Gasteiger partial charge in [0.05, 0.1) is 0 Å². The van der Waals surface area contributed by atoms with E-state index < -0.39 is 6.10 Å². The van der Waals surface area contributed by atoms with Gasteiger partial charge in [-0.15, -0.1) is 6.42 Å². The summed E-state index contributed by atoms with van der Waals surface area (Å²) in [6.45, 7) is 0. The number of hydrogen-bond donors (Lipinski definition) is 1. The first-order valence-electron chi connectivity index (χ1n) is 4.49. The Bertz CT molecular complexity index is 180. The Labute approximate surface area is 67.8 Å². The van der Waals surface area contributed by atoms with E-state index in [1.165, 1.54) is 25.7 Å².